The normalized spacial score (nSPS) is 20.6. The van der Waals surface area contributed by atoms with Gasteiger partial charge < -0.3 is 10.4 Å². The molecule has 0 spiro atoms. The Labute approximate surface area is 122 Å². The van der Waals surface area contributed by atoms with E-state index in [2.05, 4.69) is 5.32 Å². The second-order valence-electron chi connectivity index (χ2n) is 5.44. The van der Waals surface area contributed by atoms with Crippen LogP contribution >= 0.6 is 0 Å². The number of hydrogen-bond donors (Lipinski definition) is 2. The predicted molar refractivity (Wildman–Crippen MR) is 79.2 cm³/mol. The van der Waals surface area contributed by atoms with Gasteiger partial charge in [0.25, 0.3) is 0 Å². The van der Waals surface area contributed by atoms with Crippen molar-refractivity contribution in [3.8, 4) is 0 Å². The molecule has 0 radical (unpaired) electrons. The first-order valence-corrected chi connectivity index (χ1v) is 6.97. The number of hydrogen-bond acceptors (Lipinski definition) is 2. The summed E-state index contributed by atoms with van der Waals surface area (Å²) in [5.74, 6) is -0.644. The van der Waals surface area contributed by atoms with E-state index >= 15 is 0 Å². The van der Waals surface area contributed by atoms with Crippen LogP contribution in [0.4, 0.5) is 10.1 Å². The Kier molecular flexibility index (Phi) is 3.60. The van der Waals surface area contributed by atoms with Crippen molar-refractivity contribution in [3.63, 3.8) is 0 Å². The number of aromatic carboxylic acids is 1. The molecule has 0 saturated heterocycles. The predicted octanol–water partition coefficient (Wildman–Crippen LogP) is 3.88. The fourth-order valence-electron chi connectivity index (χ4n) is 2.69. The fraction of sp³-hybridized carbons (Fsp3) is 0.235. The van der Waals surface area contributed by atoms with Gasteiger partial charge in [-0.15, -0.1) is 0 Å². The molecule has 0 aromatic heterocycles. The standard InChI is InChI=1S/C17H16FNO2/c18-14-5-1-11(2-6-14)13-9-16(10-13)19-15-7-3-12(4-8-15)17(20)21/h1-8,13,16,19H,9-10H2,(H,20,21). The number of halogens is 1. The van der Waals surface area contributed by atoms with Gasteiger partial charge in [-0.25, -0.2) is 9.18 Å². The summed E-state index contributed by atoms with van der Waals surface area (Å²) in [4.78, 5) is 10.8. The Morgan fingerprint density at radius 3 is 2.24 bits per heavy atom. The van der Waals surface area contributed by atoms with Crippen molar-refractivity contribution in [1.29, 1.82) is 0 Å². The molecule has 0 atom stereocenters. The minimum atomic E-state index is -0.915. The lowest BCUT2D eigenvalue weighted by Crippen LogP contribution is -2.33. The van der Waals surface area contributed by atoms with E-state index in [0.29, 0.717) is 17.5 Å². The van der Waals surface area contributed by atoms with Crippen LogP contribution in [0.5, 0.6) is 0 Å². The van der Waals surface area contributed by atoms with Crippen LogP contribution in [0.15, 0.2) is 48.5 Å². The number of anilines is 1. The highest BCUT2D eigenvalue weighted by molar-refractivity contribution is 5.88. The highest BCUT2D eigenvalue weighted by Gasteiger charge is 2.30. The van der Waals surface area contributed by atoms with Gasteiger partial charge in [-0.2, -0.15) is 0 Å². The molecule has 108 valence electrons. The second kappa shape index (κ2) is 5.56. The first-order valence-electron chi connectivity index (χ1n) is 6.97. The van der Waals surface area contributed by atoms with Gasteiger partial charge in [0.1, 0.15) is 5.82 Å². The summed E-state index contributed by atoms with van der Waals surface area (Å²) < 4.78 is 12.9. The first-order chi connectivity index (χ1) is 10.1. The maximum atomic E-state index is 12.9. The van der Waals surface area contributed by atoms with Gasteiger partial charge in [0.2, 0.25) is 0 Å². The number of benzene rings is 2. The molecular formula is C17H16FNO2. The van der Waals surface area contributed by atoms with Crippen LogP contribution < -0.4 is 5.32 Å². The molecule has 2 N–H and O–H groups in total. The highest BCUT2D eigenvalue weighted by atomic mass is 19.1. The molecular weight excluding hydrogens is 269 g/mol. The third-order valence-electron chi connectivity index (χ3n) is 3.98. The third kappa shape index (κ3) is 3.05. The molecule has 3 nitrogen and oxygen atoms in total. The van der Waals surface area contributed by atoms with E-state index in [1.807, 2.05) is 12.1 Å². The molecule has 0 bridgehead atoms. The van der Waals surface area contributed by atoms with Crippen LogP contribution in [0.2, 0.25) is 0 Å². The molecule has 0 aliphatic heterocycles. The van der Waals surface area contributed by atoms with Crippen LogP contribution in [0, 0.1) is 5.82 Å². The Bertz CT molecular complexity index is 631. The van der Waals surface area contributed by atoms with E-state index < -0.39 is 5.97 Å². The van der Waals surface area contributed by atoms with Gasteiger partial charge >= 0.3 is 5.97 Å². The number of carbonyl (C=O) groups is 1. The lowest BCUT2D eigenvalue weighted by molar-refractivity contribution is 0.0697. The molecule has 4 heteroatoms. The van der Waals surface area contributed by atoms with E-state index in [1.54, 1.807) is 24.3 Å². The van der Waals surface area contributed by atoms with E-state index in [9.17, 15) is 9.18 Å². The summed E-state index contributed by atoms with van der Waals surface area (Å²) in [5, 5.41) is 12.2. The van der Waals surface area contributed by atoms with Gasteiger partial charge in [-0.1, -0.05) is 12.1 Å². The van der Waals surface area contributed by atoms with Crippen LogP contribution in [0.1, 0.15) is 34.7 Å². The number of carboxylic acid groups (broad SMARTS) is 1. The van der Waals surface area contributed by atoms with Gasteiger partial charge in [0, 0.05) is 11.7 Å². The lowest BCUT2D eigenvalue weighted by Gasteiger charge is -2.37. The van der Waals surface area contributed by atoms with Crippen molar-refractivity contribution in [1.82, 2.24) is 0 Å². The summed E-state index contributed by atoms with van der Waals surface area (Å²) in [6, 6.07) is 13.8. The average Bonchev–Trinajstić information content (AvgIpc) is 2.44. The Morgan fingerprint density at radius 1 is 1.05 bits per heavy atom. The molecule has 3 rings (SSSR count). The van der Waals surface area contributed by atoms with Crippen LogP contribution in [0.3, 0.4) is 0 Å². The number of nitrogens with one attached hydrogen (secondary N) is 1. The van der Waals surface area contributed by atoms with Crippen molar-refractivity contribution in [2.45, 2.75) is 24.8 Å². The van der Waals surface area contributed by atoms with Gasteiger partial charge in [0.15, 0.2) is 0 Å². The van der Waals surface area contributed by atoms with Crippen LogP contribution in [-0.4, -0.2) is 17.1 Å². The summed E-state index contributed by atoms with van der Waals surface area (Å²) in [6.07, 6.45) is 2.01. The molecule has 1 fully saturated rings. The summed E-state index contributed by atoms with van der Waals surface area (Å²) in [7, 11) is 0. The number of rotatable bonds is 4. The smallest absolute Gasteiger partial charge is 0.335 e. The quantitative estimate of drug-likeness (QED) is 0.896. The summed E-state index contributed by atoms with van der Waals surface area (Å²) in [6.45, 7) is 0. The third-order valence-corrected chi connectivity index (χ3v) is 3.98. The zero-order valence-electron chi connectivity index (χ0n) is 11.4. The average molecular weight is 285 g/mol. The molecule has 21 heavy (non-hydrogen) atoms. The van der Waals surface area contributed by atoms with Crippen molar-refractivity contribution in [3.05, 3.63) is 65.5 Å². The minimum Gasteiger partial charge on any atom is -0.478 e. The van der Waals surface area contributed by atoms with E-state index in [4.69, 9.17) is 5.11 Å². The molecule has 1 saturated carbocycles. The first kappa shape index (κ1) is 13.6. The highest BCUT2D eigenvalue weighted by Crippen LogP contribution is 2.38. The van der Waals surface area contributed by atoms with Gasteiger partial charge in [-0.05, 0) is 60.7 Å². The molecule has 1 aliphatic carbocycles. The Hall–Kier alpha value is -2.36. The molecule has 0 amide bonds. The Morgan fingerprint density at radius 2 is 1.67 bits per heavy atom. The molecule has 2 aromatic carbocycles. The van der Waals surface area contributed by atoms with Gasteiger partial charge in [0.05, 0.1) is 5.56 Å². The van der Waals surface area contributed by atoms with Gasteiger partial charge in [-0.3, -0.25) is 0 Å². The van der Waals surface area contributed by atoms with Crippen LogP contribution in [-0.2, 0) is 0 Å². The zero-order chi connectivity index (χ0) is 14.8. The topological polar surface area (TPSA) is 49.3 Å². The van der Waals surface area contributed by atoms with Crippen molar-refractivity contribution in [2.75, 3.05) is 5.32 Å². The van der Waals surface area contributed by atoms with Crippen molar-refractivity contribution in [2.24, 2.45) is 0 Å². The fourth-order valence-corrected chi connectivity index (χ4v) is 2.69. The monoisotopic (exact) mass is 285 g/mol. The summed E-state index contributed by atoms with van der Waals surface area (Å²) >= 11 is 0. The SMILES string of the molecule is O=C(O)c1ccc(NC2CC(c3ccc(F)cc3)C2)cc1. The molecule has 0 unspecified atom stereocenters. The van der Waals surface area contributed by atoms with Crippen molar-refractivity contribution >= 4 is 11.7 Å². The molecule has 2 aromatic rings. The maximum Gasteiger partial charge on any atom is 0.335 e. The zero-order valence-corrected chi connectivity index (χ0v) is 11.4. The second-order valence-corrected chi connectivity index (χ2v) is 5.44. The summed E-state index contributed by atoms with van der Waals surface area (Å²) in [5.41, 5.74) is 2.40. The molecule has 1 aliphatic rings. The molecule has 0 heterocycles. The van der Waals surface area contributed by atoms with E-state index in [0.717, 1.165) is 18.5 Å². The van der Waals surface area contributed by atoms with E-state index in [-0.39, 0.29) is 5.82 Å². The van der Waals surface area contributed by atoms with Crippen molar-refractivity contribution < 1.29 is 14.3 Å². The maximum absolute atomic E-state index is 12.9. The minimum absolute atomic E-state index is 0.203. The lowest BCUT2D eigenvalue weighted by atomic mass is 9.76. The largest absolute Gasteiger partial charge is 0.478 e. The Balaban J connectivity index is 1.54. The van der Waals surface area contributed by atoms with E-state index in [1.165, 1.54) is 17.7 Å². The number of carboxylic acids is 1. The van der Waals surface area contributed by atoms with Crippen LogP contribution in [0.25, 0.3) is 0 Å².